The van der Waals surface area contributed by atoms with Crippen LogP contribution in [0.3, 0.4) is 0 Å². The Morgan fingerprint density at radius 3 is 2.31 bits per heavy atom. The summed E-state index contributed by atoms with van der Waals surface area (Å²) >= 11 is 0. The highest BCUT2D eigenvalue weighted by Gasteiger charge is 2.62. The van der Waals surface area contributed by atoms with Crippen molar-refractivity contribution in [2.75, 3.05) is 34.8 Å². The van der Waals surface area contributed by atoms with Crippen LogP contribution in [0.1, 0.15) is 30.0 Å². The van der Waals surface area contributed by atoms with E-state index in [1.165, 1.54) is 28.1 Å². The Bertz CT molecular complexity index is 2180. The molecule has 240 valence electrons. The number of fused-ring (bicyclic) bond motifs is 10. The van der Waals surface area contributed by atoms with E-state index in [0.717, 1.165) is 53.6 Å². The average molecular weight is 633 g/mol. The molecular formula is C41H40N6O. The standard InChI is InChI=1S/C41H40N6O/c1-28-17-18-32-31-12-5-9-16-36(31)48-38(32)37(28)47-24-21-42(3)39(47)41-27-30-11-4-7-14-34(30)45-25-22-43(29(45)2)19-10-20-44-23-26-46(40(41)44)35-15-8-6-13-33(35)41/h4-9,11-18,21-26,29,39-40H,10,19-20,27H2,1-3H3. The molecule has 1 aromatic heterocycles. The SMILES string of the molecule is Cc1ccc2c(oc3ccccc32)c1N1C=CN(C)C1C12Cc3ccccc3N3C=CN(CCCN4C=CN(c5ccccc51)C42)C3C. The molecule has 6 heterocycles. The number of benzene rings is 4. The highest BCUT2D eigenvalue weighted by Crippen LogP contribution is 2.57. The number of aryl methyl sites for hydroxylation is 1. The molecule has 7 heteroatoms. The van der Waals surface area contributed by atoms with Crippen LogP contribution < -0.4 is 14.7 Å². The Morgan fingerprint density at radius 1 is 0.667 bits per heavy atom. The Kier molecular flexibility index (Phi) is 5.85. The number of anilines is 3. The van der Waals surface area contributed by atoms with Gasteiger partial charge >= 0.3 is 0 Å². The smallest absolute Gasteiger partial charge is 0.159 e. The molecule has 10 rings (SSSR count). The van der Waals surface area contributed by atoms with E-state index in [9.17, 15) is 0 Å². The van der Waals surface area contributed by atoms with Crippen LogP contribution in [0, 0.1) is 6.92 Å². The van der Waals surface area contributed by atoms with Gasteiger partial charge in [-0.05, 0) is 61.6 Å². The zero-order valence-corrected chi connectivity index (χ0v) is 27.7. The van der Waals surface area contributed by atoms with E-state index >= 15 is 0 Å². The van der Waals surface area contributed by atoms with Gasteiger partial charge in [-0.2, -0.15) is 0 Å². The van der Waals surface area contributed by atoms with Crippen LogP contribution in [-0.4, -0.2) is 53.3 Å². The molecule has 7 nitrogen and oxygen atoms in total. The molecule has 0 fully saturated rings. The lowest BCUT2D eigenvalue weighted by Gasteiger charge is -2.50. The molecule has 5 aliphatic heterocycles. The van der Waals surface area contributed by atoms with Crippen molar-refractivity contribution in [3.05, 3.63) is 139 Å². The molecule has 0 aliphatic carbocycles. The Hall–Kier alpha value is -5.30. The van der Waals surface area contributed by atoms with Crippen LogP contribution >= 0.6 is 0 Å². The van der Waals surface area contributed by atoms with E-state index in [-0.39, 0.29) is 23.9 Å². The minimum absolute atomic E-state index is 0.0346. The highest BCUT2D eigenvalue weighted by atomic mass is 16.3. The number of likely N-dealkylation sites (N-methyl/N-ethyl adjacent to an activating group) is 1. The van der Waals surface area contributed by atoms with Crippen LogP contribution in [0.15, 0.2) is 127 Å². The number of hydrogen-bond donors (Lipinski definition) is 0. The van der Waals surface area contributed by atoms with Crippen LogP contribution in [-0.2, 0) is 11.8 Å². The fraction of sp³-hybridized carbons (Fsp3) is 0.268. The molecule has 2 bridgehead atoms. The van der Waals surface area contributed by atoms with Crippen LogP contribution in [0.2, 0.25) is 0 Å². The Balaban J connectivity index is 1.24. The maximum Gasteiger partial charge on any atom is 0.159 e. The molecule has 4 unspecified atom stereocenters. The zero-order chi connectivity index (χ0) is 32.1. The molecule has 0 saturated heterocycles. The van der Waals surface area contributed by atoms with E-state index in [1.54, 1.807) is 0 Å². The first-order valence-corrected chi connectivity index (χ1v) is 17.3. The summed E-state index contributed by atoms with van der Waals surface area (Å²) in [4.78, 5) is 15.1. The average Bonchev–Trinajstić information content (AvgIpc) is 3.91. The summed E-state index contributed by atoms with van der Waals surface area (Å²) in [6.07, 6.45) is 16.1. The van der Waals surface area contributed by atoms with Crippen molar-refractivity contribution in [3.8, 4) is 0 Å². The van der Waals surface area contributed by atoms with Crippen molar-refractivity contribution in [1.82, 2.24) is 14.7 Å². The van der Waals surface area contributed by atoms with Crippen molar-refractivity contribution < 1.29 is 4.42 Å². The maximum absolute atomic E-state index is 6.75. The first-order valence-electron chi connectivity index (χ1n) is 17.3. The molecule has 0 amide bonds. The van der Waals surface area contributed by atoms with E-state index in [2.05, 4.69) is 172 Å². The van der Waals surface area contributed by atoms with Gasteiger partial charge in [-0.1, -0.05) is 66.7 Å². The van der Waals surface area contributed by atoms with Gasteiger partial charge < -0.3 is 33.8 Å². The number of furan rings is 1. The quantitative estimate of drug-likeness (QED) is 0.196. The zero-order valence-electron chi connectivity index (χ0n) is 27.7. The fourth-order valence-corrected chi connectivity index (χ4v) is 9.53. The number of nitrogens with zero attached hydrogens (tertiary/aromatic N) is 6. The van der Waals surface area contributed by atoms with Gasteiger partial charge in [0.05, 0.1) is 11.1 Å². The second-order valence-corrected chi connectivity index (χ2v) is 14.1. The lowest BCUT2D eigenvalue weighted by molar-refractivity contribution is 0.114. The molecular weight excluding hydrogens is 592 g/mol. The molecule has 0 saturated carbocycles. The summed E-state index contributed by atoms with van der Waals surface area (Å²) in [5.74, 6) is 0. The number of hydrogen-bond acceptors (Lipinski definition) is 7. The Morgan fingerprint density at radius 2 is 1.40 bits per heavy atom. The summed E-state index contributed by atoms with van der Waals surface area (Å²) in [5, 5.41) is 2.32. The Labute approximate surface area is 281 Å². The predicted molar refractivity (Wildman–Crippen MR) is 194 cm³/mol. The fourth-order valence-electron chi connectivity index (χ4n) is 9.53. The van der Waals surface area contributed by atoms with E-state index in [1.807, 2.05) is 0 Å². The third-order valence-corrected chi connectivity index (χ3v) is 11.6. The lowest BCUT2D eigenvalue weighted by Crippen LogP contribution is -2.64. The predicted octanol–water partition coefficient (Wildman–Crippen LogP) is 7.90. The largest absolute Gasteiger partial charge is 0.454 e. The summed E-state index contributed by atoms with van der Waals surface area (Å²) in [7, 11) is 2.26. The van der Waals surface area contributed by atoms with E-state index in [0.29, 0.717) is 0 Å². The summed E-state index contributed by atoms with van der Waals surface area (Å²) in [6, 6.07) is 31.2. The molecule has 4 aromatic carbocycles. The minimum Gasteiger partial charge on any atom is -0.454 e. The number of rotatable bonds is 2. The first-order chi connectivity index (χ1) is 23.5. The van der Waals surface area contributed by atoms with Crippen LogP contribution in [0.4, 0.5) is 17.1 Å². The monoisotopic (exact) mass is 632 g/mol. The van der Waals surface area contributed by atoms with Crippen molar-refractivity contribution in [2.24, 2.45) is 0 Å². The van der Waals surface area contributed by atoms with E-state index < -0.39 is 0 Å². The van der Waals surface area contributed by atoms with Crippen molar-refractivity contribution in [2.45, 2.75) is 50.6 Å². The lowest BCUT2D eigenvalue weighted by atomic mass is 9.70. The third kappa shape index (κ3) is 3.64. The number of para-hydroxylation sites is 3. The summed E-state index contributed by atoms with van der Waals surface area (Å²) < 4.78 is 6.75. The van der Waals surface area contributed by atoms with Gasteiger partial charge in [0, 0.05) is 79.5 Å². The second kappa shape index (κ2) is 10.1. The normalized spacial score (nSPS) is 25.7. The topological polar surface area (TPSA) is 32.6 Å². The molecule has 0 N–H and O–H groups in total. The molecule has 0 radical (unpaired) electrons. The molecule has 5 aliphatic rings. The van der Waals surface area contributed by atoms with Crippen molar-refractivity contribution in [1.29, 1.82) is 0 Å². The van der Waals surface area contributed by atoms with Crippen LogP contribution in [0.5, 0.6) is 0 Å². The maximum atomic E-state index is 6.75. The van der Waals surface area contributed by atoms with E-state index in [4.69, 9.17) is 4.42 Å². The van der Waals surface area contributed by atoms with Gasteiger partial charge in [0.15, 0.2) is 5.58 Å². The highest BCUT2D eigenvalue weighted by molar-refractivity contribution is 6.09. The van der Waals surface area contributed by atoms with Crippen LogP contribution in [0.25, 0.3) is 21.9 Å². The van der Waals surface area contributed by atoms with Gasteiger partial charge in [0.2, 0.25) is 0 Å². The van der Waals surface area contributed by atoms with Crippen molar-refractivity contribution in [3.63, 3.8) is 0 Å². The first kappa shape index (κ1) is 27.8. The third-order valence-electron chi connectivity index (χ3n) is 11.6. The van der Waals surface area contributed by atoms with Crippen molar-refractivity contribution >= 4 is 39.0 Å². The molecule has 0 spiro atoms. The van der Waals surface area contributed by atoms with Gasteiger partial charge in [-0.15, -0.1) is 0 Å². The van der Waals surface area contributed by atoms with Gasteiger partial charge in [0.1, 0.15) is 24.1 Å². The van der Waals surface area contributed by atoms with Gasteiger partial charge in [0.25, 0.3) is 0 Å². The minimum atomic E-state index is -0.360. The molecule has 4 atom stereocenters. The summed E-state index contributed by atoms with van der Waals surface area (Å²) in [6.45, 7) is 6.55. The second-order valence-electron chi connectivity index (χ2n) is 14.1. The summed E-state index contributed by atoms with van der Waals surface area (Å²) in [5.41, 5.74) is 9.20. The van der Waals surface area contributed by atoms with Gasteiger partial charge in [-0.3, -0.25) is 0 Å². The molecule has 5 aromatic rings. The van der Waals surface area contributed by atoms with Gasteiger partial charge in [-0.25, -0.2) is 0 Å². The molecule has 48 heavy (non-hydrogen) atoms.